The molecule has 0 aliphatic heterocycles. The summed E-state index contributed by atoms with van der Waals surface area (Å²) in [7, 11) is 0. The summed E-state index contributed by atoms with van der Waals surface area (Å²) in [6.45, 7) is 1.64. The van der Waals surface area contributed by atoms with Crippen molar-refractivity contribution in [2.45, 2.75) is 6.92 Å². The third-order valence-electron chi connectivity index (χ3n) is 2.95. The third-order valence-corrected chi connectivity index (χ3v) is 4.20. The van der Waals surface area contributed by atoms with Crippen molar-refractivity contribution in [1.29, 1.82) is 0 Å². The number of carbonyl (C=O) groups excluding carboxylic acids is 1. The molecule has 0 saturated carbocycles. The van der Waals surface area contributed by atoms with Crippen LogP contribution in [0.4, 0.5) is 0 Å². The topological polar surface area (TPSA) is 70.9 Å². The van der Waals surface area contributed by atoms with Gasteiger partial charge in [-0.1, -0.05) is 23.2 Å². The molecular formula is C16H13BrCl2N2O3. The lowest BCUT2D eigenvalue weighted by Gasteiger charge is -2.07. The van der Waals surface area contributed by atoms with Gasteiger partial charge in [0, 0.05) is 15.6 Å². The minimum Gasteiger partial charge on any atom is -0.506 e. The highest BCUT2D eigenvalue weighted by Crippen LogP contribution is 2.30. The largest absolute Gasteiger partial charge is 0.506 e. The highest BCUT2D eigenvalue weighted by atomic mass is 79.9. The lowest BCUT2D eigenvalue weighted by Crippen LogP contribution is -2.24. The first kappa shape index (κ1) is 18.6. The van der Waals surface area contributed by atoms with Gasteiger partial charge in [0.25, 0.3) is 5.91 Å². The molecule has 0 aliphatic carbocycles. The van der Waals surface area contributed by atoms with Gasteiger partial charge in [-0.05, 0) is 58.7 Å². The Morgan fingerprint density at radius 1 is 1.38 bits per heavy atom. The van der Waals surface area contributed by atoms with Crippen LogP contribution in [0.25, 0.3) is 0 Å². The van der Waals surface area contributed by atoms with E-state index in [2.05, 4.69) is 26.5 Å². The maximum absolute atomic E-state index is 11.7. The Hall–Kier alpha value is -1.76. The number of aryl methyl sites for hydroxylation is 1. The molecule has 0 aliphatic rings. The molecule has 0 heterocycles. The number of phenolic OH excluding ortho intramolecular Hbond substituents is 1. The van der Waals surface area contributed by atoms with Gasteiger partial charge in [0.05, 0.1) is 10.7 Å². The van der Waals surface area contributed by atoms with E-state index in [0.717, 1.165) is 5.56 Å². The van der Waals surface area contributed by atoms with Crippen LogP contribution in [0.5, 0.6) is 11.5 Å². The molecule has 2 aromatic carbocycles. The molecule has 126 valence electrons. The molecule has 5 nitrogen and oxygen atoms in total. The van der Waals surface area contributed by atoms with Crippen molar-refractivity contribution in [1.82, 2.24) is 5.43 Å². The molecule has 8 heteroatoms. The molecule has 2 rings (SSSR count). The highest BCUT2D eigenvalue weighted by molar-refractivity contribution is 9.10. The normalized spacial score (nSPS) is 10.8. The van der Waals surface area contributed by atoms with Crippen LogP contribution >= 0.6 is 39.1 Å². The summed E-state index contributed by atoms with van der Waals surface area (Å²) in [6, 6.07) is 8.18. The van der Waals surface area contributed by atoms with E-state index in [1.54, 1.807) is 24.3 Å². The number of hydrogen-bond donors (Lipinski definition) is 2. The van der Waals surface area contributed by atoms with Crippen LogP contribution in [0.2, 0.25) is 10.0 Å². The zero-order chi connectivity index (χ0) is 17.7. The van der Waals surface area contributed by atoms with Crippen LogP contribution in [-0.2, 0) is 4.79 Å². The minimum atomic E-state index is -0.445. The molecule has 0 saturated heterocycles. The zero-order valence-electron chi connectivity index (χ0n) is 12.5. The fourth-order valence-electron chi connectivity index (χ4n) is 1.75. The summed E-state index contributed by atoms with van der Waals surface area (Å²) in [5, 5.41) is 14.7. The molecule has 24 heavy (non-hydrogen) atoms. The van der Waals surface area contributed by atoms with E-state index < -0.39 is 5.91 Å². The van der Waals surface area contributed by atoms with E-state index in [1.165, 1.54) is 12.3 Å². The van der Waals surface area contributed by atoms with Crippen LogP contribution in [0.3, 0.4) is 0 Å². The number of halogens is 3. The SMILES string of the molecule is Cc1cc(OCC(=O)NN=Cc2cc(Cl)cc(Br)c2O)ccc1Cl. The van der Waals surface area contributed by atoms with Gasteiger partial charge in [-0.25, -0.2) is 5.43 Å². The van der Waals surface area contributed by atoms with Gasteiger partial charge in [-0.15, -0.1) is 0 Å². The van der Waals surface area contributed by atoms with Crippen LogP contribution in [-0.4, -0.2) is 23.8 Å². The van der Waals surface area contributed by atoms with Crippen LogP contribution < -0.4 is 10.2 Å². The van der Waals surface area contributed by atoms with E-state index in [0.29, 0.717) is 25.8 Å². The summed E-state index contributed by atoms with van der Waals surface area (Å²) < 4.78 is 5.78. The van der Waals surface area contributed by atoms with Gasteiger partial charge in [0.1, 0.15) is 11.5 Å². The van der Waals surface area contributed by atoms with Crippen molar-refractivity contribution in [3.05, 3.63) is 56.0 Å². The average Bonchev–Trinajstić information content (AvgIpc) is 2.53. The molecule has 2 N–H and O–H groups in total. The standard InChI is InChI=1S/C16H13BrCl2N2O3/c1-9-4-12(2-3-14(9)19)24-8-15(22)21-20-7-10-5-11(18)6-13(17)16(10)23/h2-7,23H,8H2,1H3,(H,21,22). The van der Waals surface area contributed by atoms with E-state index in [1.807, 2.05) is 6.92 Å². The number of nitrogens with zero attached hydrogens (tertiary/aromatic N) is 1. The Labute approximate surface area is 157 Å². The molecule has 0 unspecified atom stereocenters. The monoisotopic (exact) mass is 430 g/mol. The Morgan fingerprint density at radius 2 is 2.12 bits per heavy atom. The second kappa shape index (κ2) is 8.37. The lowest BCUT2D eigenvalue weighted by molar-refractivity contribution is -0.123. The second-order valence-electron chi connectivity index (χ2n) is 4.82. The summed E-state index contributed by atoms with van der Waals surface area (Å²) in [5.74, 6) is 0.0668. The average molecular weight is 432 g/mol. The number of carbonyl (C=O) groups is 1. The Bertz CT molecular complexity index is 797. The molecular weight excluding hydrogens is 419 g/mol. The molecule has 0 fully saturated rings. The quantitative estimate of drug-likeness (QED) is 0.547. The first-order chi connectivity index (χ1) is 11.4. The van der Waals surface area contributed by atoms with Gasteiger partial charge in [-0.2, -0.15) is 5.10 Å². The van der Waals surface area contributed by atoms with Crippen molar-refractivity contribution in [2.75, 3.05) is 6.61 Å². The summed E-state index contributed by atoms with van der Waals surface area (Å²) in [5.41, 5.74) is 3.52. The Morgan fingerprint density at radius 3 is 2.83 bits per heavy atom. The van der Waals surface area contributed by atoms with E-state index in [4.69, 9.17) is 27.9 Å². The van der Waals surface area contributed by atoms with Gasteiger partial charge in [0.15, 0.2) is 6.61 Å². The second-order valence-corrected chi connectivity index (χ2v) is 6.52. The van der Waals surface area contributed by atoms with Crippen LogP contribution in [0.1, 0.15) is 11.1 Å². The van der Waals surface area contributed by atoms with Crippen LogP contribution in [0.15, 0.2) is 39.9 Å². The van der Waals surface area contributed by atoms with E-state index in [9.17, 15) is 9.90 Å². The predicted molar refractivity (Wildman–Crippen MR) is 98.2 cm³/mol. The molecule has 0 bridgehead atoms. The Balaban J connectivity index is 1.90. The first-order valence-electron chi connectivity index (χ1n) is 6.75. The number of hydrogen-bond acceptors (Lipinski definition) is 4. The number of hydrazone groups is 1. The summed E-state index contributed by atoms with van der Waals surface area (Å²) >= 11 is 15.0. The van der Waals surface area contributed by atoms with Crippen molar-refractivity contribution >= 4 is 51.3 Å². The molecule has 1 amide bonds. The number of phenols is 1. The number of ether oxygens (including phenoxy) is 1. The maximum Gasteiger partial charge on any atom is 0.277 e. The zero-order valence-corrected chi connectivity index (χ0v) is 15.6. The fraction of sp³-hybridized carbons (Fsp3) is 0.125. The number of nitrogens with one attached hydrogen (secondary N) is 1. The molecule has 0 atom stereocenters. The predicted octanol–water partition coefficient (Wildman–Crippen LogP) is 4.30. The van der Waals surface area contributed by atoms with Crippen LogP contribution in [0, 0.1) is 6.92 Å². The molecule has 0 aromatic heterocycles. The van der Waals surface area contributed by atoms with Crippen molar-refractivity contribution in [2.24, 2.45) is 5.10 Å². The third kappa shape index (κ3) is 5.12. The van der Waals surface area contributed by atoms with Crippen molar-refractivity contribution < 1.29 is 14.6 Å². The number of rotatable bonds is 5. The van der Waals surface area contributed by atoms with Gasteiger partial charge in [0.2, 0.25) is 0 Å². The fourth-order valence-corrected chi connectivity index (χ4v) is 2.70. The maximum atomic E-state index is 11.7. The van der Waals surface area contributed by atoms with E-state index in [-0.39, 0.29) is 12.4 Å². The van der Waals surface area contributed by atoms with Gasteiger partial charge >= 0.3 is 0 Å². The number of amides is 1. The summed E-state index contributed by atoms with van der Waals surface area (Å²) in [6.07, 6.45) is 1.29. The number of benzene rings is 2. The molecule has 2 aromatic rings. The van der Waals surface area contributed by atoms with Crippen molar-refractivity contribution in [3.8, 4) is 11.5 Å². The Kier molecular flexibility index (Phi) is 6.48. The minimum absolute atomic E-state index is 0.0229. The molecule has 0 spiro atoms. The lowest BCUT2D eigenvalue weighted by atomic mass is 10.2. The highest BCUT2D eigenvalue weighted by Gasteiger charge is 2.06. The smallest absolute Gasteiger partial charge is 0.277 e. The van der Waals surface area contributed by atoms with Crippen molar-refractivity contribution in [3.63, 3.8) is 0 Å². The van der Waals surface area contributed by atoms with Gasteiger partial charge in [-0.3, -0.25) is 4.79 Å². The van der Waals surface area contributed by atoms with Gasteiger partial charge < -0.3 is 9.84 Å². The van der Waals surface area contributed by atoms with E-state index >= 15 is 0 Å². The molecule has 0 radical (unpaired) electrons. The summed E-state index contributed by atoms with van der Waals surface area (Å²) in [4.78, 5) is 11.7. The first-order valence-corrected chi connectivity index (χ1v) is 8.30. The number of aromatic hydroxyl groups is 1.